The molecule has 1 aromatic carbocycles. The second-order valence-corrected chi connectivity index (χ2v) is 5.21. The number of fused-ring (bicyclic) bond motifs is 1. The van der Waals surface area contributed by atoms with Gasteiger partial charge in [-0.1, -0.05) is 30.0 Å². The van der Waals surface area contributed by atoms with Crippen molar-refractivity contribution >= 4 is 45.3 Å². The molecular weight excluding hydrogens is 282 g/mol. The molecule has 0 radical (unpaired) electrons. The van der Waals surface area contributed by atoms with Crippen molar-refractivity contribution in [1.29, 1.82) is 0 Å². The molecule has 0 fully saturated rings. The number of nitrogens with one attached hydrogen (secondary N) is 1. The highest BCUT2D eigenvalue weighted by Gasteiger charge is 2.14. The summed E-state index contributed by atoms with van der Waals surface area (Å²) in [6.07, 6.45) is 1.88. The van der Waals surface area contributed by atoms with E-state index in [2.05, 4.69) is 14.7 Å². The first-order valence-electron chi connectivity index (χ1n) is 5.44. The minimum absolute atomic E-state index is 0.266. The maximum Gasteiger partial charge on any atom is 0.293 e. The van der Waals surface area contributed by atoms with Gasteiger partial charge in [0.05, 0.1) is 0 Å². The summed E-state index contributed by atoms with van der Waals surface area (Å²) in [6.45, 7) is 0. The number of hydrogen-bond donors (Lipinski definition) is 1. The lowest BCUT2D eigenvalue weighted by molar-refractivity contribution is 0.0998. The van der Waals surface area contributed by atoms with Crippen LogP contribution in [0.4, 0.5) is 5.13 Å². The van der Waals surface area contributed by atoms with Gasteiger partial charge in [-0.05, 0) is 18.4 Å². The number of thioether (sulfide) groups is 1. The fraction of sp³-hybridized carbons (Fsp3) is 0.0833. The molecule has 96 valence electrons. The molecule has 5 nitrogen and oxygen atoms in total. The lowest BCUT2D eigenvalue weighted by Crippen LogP contribution is -2.10. The largest absolute Gasteiger partial charge is 0.451 e. The van der Waals surface area contributed by atoms with Gasteiger partial charge in [-0.3, -0.25) is 10.1 Å². The normalized spacial score (nSPS) is 10.8. The minimum Gasteiger partial charge on any atom is -0.451 e. The molecule has 2 aromatic heterocycles. The predicted molar refractivity (Wildman–Crippen MR) is 75.9 cm³/mol. The molecule has 0 bridgehead atoms. The van der Waals surface area contributed by atoms with Gasteiger partial charge in [0.1, 0.15) is 5.58 Å². The van der Waals surface area contributed by atoms with E-state index in [4.69, 9.17) is 4.42 Å². The van der Waals surface area contributed by atoms with E-state index >= 15 is 0 Å². The summed E-state index contributed by atoms with van der Waals surface area (Å²) in [4.78, 5) is 16.2. The molecule has 7 heteroatoms. The quantitative estimate of drug-likeness (QED) is 0.750. The summed E-state index contributed by atoms with van der Waals surface area (Å²) >= 11 is 2.58. The molecule has 0 saturated heterocycles. The van der Waals surface area contributed by atoms with Gasteiger partial charge in [0, 0.05) is 16.9 Å². The Morgan fingerprint density at radius 2 is 2.26 bits per heavy atom. The van der Waals surface area contributed by atoms with Gasteiger partial charge in [-0.2, -0.15) is 9.36 Å². The monoisotopic (exact) mass is 291 g/mol. The van der Waals surface area contributed by atoms with E-state index in [0.717, 1.165) is 16.9 Å². The molecule has 0 unspecified atom stereocenters. The number of carbonyl (C=O) groups is 1. The zero-order chi connectivity index (χ0) is 13.2. The fourth-order valence-electron chi connectivity index (χ4n) is 1.60. The maximum absolute atomic E-state index is 12.0. The van der Waals surface area contributed by atoms with Gasteiger partial charge in [-0.25, -0.2) is 0 Å². The molecule has 0 aliphatic heterocycles. The molecular formula is C12H9N3O2S2. The molecule has 0 spiro atoms. The first-order valence-corrected chi connectivity index (χ1v) is 7.44. The van der Waals surface area contributed by atoms with Crippen molar-refractivity contribution in [2.24, 2.45) is 0 Å². The molecule has 1 amide bonds. The number of carbonyl (C=O) groups excluding carboxylic acids is 1. The Balaban J connectivity index is 1.83. The highest BCUT2D eigenvalue weighted by Crippen LogP contribution is 2.21. The summed E-state index contributed by atoms with van der Waals surface area (Å²) in [6, 6.07) is 9.19. The Morgan fingerprint density at radius 3 is 3.00 bits per heavy atom. The van der Waals surface area contributed by atoms with Crippen LogP contribution in [0, 0.1) is 0 Å². The lowest BCUT2D eigenvalue weighted by atomic mass is 10.2. The van der Waals surface area contributed by atoms with Crippen molar-refractivity contribution in [2.75, 3.05) is 11.6 Å². The molecule has 2 heterocycles. The first kappa shape index (κ1) is 12.2. The summed E-state index contributed by atoms with van der Waals surface area (Å²) in [5, 5.41) is 4.68. The Bertz CT molecular complexity index is 702. The second kappa shape index (κ2) is 5.02. The minimum atomic E-state index is -0.319. The van der Waals surface area contributed by atoms with Gasteiger partial charge < -0.3 is 4.42 Å². The number of amides is 1. The van der Waals surface area contributed by atoms with Crippen LogP contribution in [0.5, 0.6) is 0 Å². The summed E-state index contributed by atoms with van der Waals surface area (Å²) in [5.41, 5.74) is 0.690. The van der Waals surface area contributed by atoms with E-state index in [9.17, 15) is 4.79 Å². The third kappa shape index (κ3) is 2.47. The first-order chi connectivity index (χ1) is 9.26. The van der Waals surface area contributed by atoms with Crippen LogP contribution in [0.2, 0.25) is 0 Å². The standard InChI is InChI=1S/C12H9N3O2S2/c1-18-12-14-11(19-15-12)13-10(16)9-6-7-4-2-3-5-8(7)17-9/h2-6H,1H3,(H,13,14,15,16). The molecule has 0 aliphatic rings. The molecule has 0 saturated carbocycles. The Kier molecular flexibility index (Phi) is 3.22. The Morgan fingerprint density at radius 1 is 1.42 bits per heavy atom. The van der Waals surface area contributed by atoms with E-state index in [-0.39, 0.29) is 11.7 Å². The second-order valence-electron chi connectivity index (χ2n) is 3.69. The van der Waals surface area contributed by atoms with Gasteiger partial charge in [0.2, 0.25) is 10.3 Å². The number of furan rings is 1. The Labute approximate surface area is 117 Å². The van der Waals surface area contributed by atoms with E-state index in [1.165, 1.54) is 11.8 Å². The van der Waals surface area contributed by atoms with Crippen LogP contribution in [0.1, 0.15) is 10.6 Å². The maximum atomic E-state index is 12.0. The van der Waals surface area contributed by atoms with Crippen molar-refractivity contribution in [3.63, 3.8) is 0 Å². The van der Waals surface area contributed by atoms with Crippen molar-refractivity contribution in [3.8, 4) is 0 Å². The average molecular weight is 291 g/mol. The van der Waals surface area contributed by atoms with Crippen molar-refractivity contribution in [1.82, 2.24) is 9.36 Å². The Hall–Kier alpha value is -1.86. The zero-order valence-corrected chi connectivity index (χ0v) is 11.5. The molecule has 3 aromatic rings. The topological polar surface area (TPSA) is 68.0 Å². The third-order valence-electron chi connectivity index (χ3n) is 2.46. The van der Waals surface area contributed by atoms with Crippen LogP contribution in [0.25, 0.3) is 11.0 Å². The van der Waals surface area contributed by atoms with E-state index in [1.807, 2.05) is 30.5 Å². The van der Waals surface area contributed by atoms with Crippen LogP contribution in [-0.4, -0.2) is 21.5 Å². The van der Waals surface area contributed by atoms with Crippen LogP contribution < -0.4 is 5.32 Å². The number of hydrogen-bond acceptors (Lipinski definition) is 6. The van der Waals surface area contributed by atoms with Crippen LogP contribution in [0.15, 0.2) is 39.9 Å². The molecule has 1 N–H and O–H groups in total. The molecule has 0 atom stereocenters. The zero-order valence-electron chi connectivity index (χ0n) is 9.91. The number of rotatable bonds is 3. The van der Waals surface area contributed by atoms with Gasteiger partial charge in [0.15, 0.2) is 5.76 Å². The molecule has 3 rings (SSSR count). The van der Waals surface area contributed by atoms with Gasteiger partial charge in [-0.15, -0.1) is 0 Å². The fourth-order valence-corrected chi connectivity index (χ4v) is 2.72. The van der Waals surface area contributed by atoms with Crippen LogP contribution >= 0.6 is 23.3 Å². The third-order valence-corrected chi connectivity index (χ3v) is 3.75. The number of benzene rings is 1. The lowest BCUT2D eigenvalue weighted by Gasteiger charge is -1.95. The van der Waals surface area contributed by atoms with E-state index < -0.39 is 0 Å². The van der Waals surface area contributed by atoms with Crippen LogP contribution in [-0.2, 0) is 0 Å². The summed E-state index contributed by atoms with van der Waals surface area (Å²) in [7, 11) is 0. The summed E-state index contributed by atoms with van der Waals surface area (Å²) in [5.74, 6) is -0.0536. The van der Waals surface area contributed by atoms with Gasteiger partial charge in [0.25, 0.3) is 5.91 Å². The van der Waals surface area contributed by atoms with Gasteiger partial charge >= 0.3 is 0 Å². The van der Waals surface area contributed by atoms with Crippen LogP contribution in [0.3, 0.4) is 0 Å². The highest BCUT2D eigenvalue weighted by molar-refractivity contribution is 7.98. The van der Waals surface area contributed by atoms with E-state index in [1.54, 1.807) is 6.07 Å². The predicted octanol–water partition coefficient (Wildman–Crippen LogP) is 3.26. The number of para-hydroxylation sites is 1. The SMILES string of the molecule is CSc1nsc(NC(=O)c2cc3ccccc3o2)n1. The summed E-state index contributed by atoms with van der Waals surface area (Å²) < 4.78 is 9.55. The molecule has 0 aliphatic carbocycles. The number of anilines is 1. The highest BCUT2D eigenvalue weighted by atomic mass is 32.2. The average Bonchev–Trinajstić information content (AvgIpc) is 3.04. The smallest absolute Gasteiger partial charge is 0.293 e. The van der Waals surface area contributed by atoms with Crippen molar-refractivity contribution in [3.05, 3.63) is 36.1 Å². The van der Waals surface area contributed by atoms with Crippen molar-refractivity contribution in [2.45, 2.75) is 5.16 Å². The molecule has 19 heavy (non-hydrogen) atoms. The number of aromatic nitrogens is 2. The number of nitrogens with zero attached hydrogens (tertiary/aromatic N) is 2. The van der Waals surface area contributed by atoms with E-state index in [0.29, 0.717) is 15.9 Å². The van der Waals surface area contributed by atoms with Crippen molar-refractivity contribution < 1.29 is 9.21 Å².